The molecule has 0 atom stereocenters. The standard InChI is InChI=1S/C14H11ClN2.2C2H6/c1-9-7-16-14-13(9)6-11(8-17-14)10-2-4-12(15)5-3-10;2*1-2/h2-8H,1H3,(H,16,17);2*1-2H3. The number of halogens is 1. The van der Waals surface area contributed by atoms with Crippen LogP contribution in [0.15, 0.2) is 42.7 Å². The van der Waals surface area contributed by atoms with Crippen molar-refractivity contribution in [3.63, 3.8) is 0 Å². The Morgan fingerprint density at radius 1 is 0.952 bits per heavy atom. The van der Waals surface area contributed by atoms with Gasteiger partial charge in [-0.3, -0.25) is 0 Å². The predicted octanol–water partition coefficient (Wildman–Crippen LogP) is 6.24. The Hall–Kier alpha value is -1.80. The molecule has 0 bridgehead atoms. The summed E-state index contributed by atoms with van der Waals surface area (Å²) in [6.45, 7) is 10.1. The molecule has 0 aliphatic heterocycles. The van der Waals surface area contributed by atoms with Crippen molar-refractivity contribution in [1.29, 1.82) is 0 Å². The molecule has 0 unspecified atom stereocenters. The van der Waals surface area contributed by atoms with Gasteiger partial charge >= 0.3 is 0 Å². The van der Waals surface area contributed by atoms with Crippen LogP contribution in [0.3, 0.4) is 0 Å². The molecule has 0 saturated carbocycles. The summed E-state index contributed by atoms with van der Waals surface area (Å²) in [5.41, 5.74) is 4.38. The van der Waals surface area contributed by atoms with Gasteiger partial charge in [0.25, 0.3) is 0 Å². The lowest BCUT2D eigenvalue weighted by Gasteiger charge is -2.02. The van der Waals surface area contributed by atoms with Gasteiger partial charge in [-0.05, 0) is 36.2 Å². The minimum Gasteiger partial charge on any atom is -0.346 e. The number of hydrogen-bond acceptors (Lipinski definition) is 1. The van der Waals surface area contributed by atoms with E-state index in [9.17, 15) is 0 Å². The van der Waals surface area contributed by atoms with Crippen molar-refractivity contribution < 1.29 is 0 Å². The first-order valence-corrected chi connectivity index (χ1v) is 7.81. The molecule has 2 aromatic heterocycles. The van der Waals surface area contributed by atoms with Crippen molar-refractivity contribution in [2.45, 2.75) is 34.6 Å². The summed E-state index contributed by atoms with van der Waals surface area (Å²) >= 11 is 5.88. The highest BCUT2D eigenvalue weighted by molar-refractivity contribution is 6.30. The normalized spacial score (nSPS) is 9.43. The van der Waals surface area contributed by atoms with E-state index < -0.39 is 0 Å². The van der Waals surface area contributed by atoms with E-state index in [0.29, 0.717) is 0 Å². The molecule has 3 rings (SSSR count). The van der Waals surface area contributed by atoms with Crippen LogP contribution >= 0.6 is 11.6 Å². The molecule has 2 heterocycles. The fourth-order valence-electron chi connectivity index (χ4n) is 1.93. The monoisotopic (exact) mass is 302 g/mol. The highest BCUT2D eigenvalue weighted by Gasteiger charge is 2.04. The second-order valence-corrected chi connectivity index (χ2v) is 4.54. The molecule has 0 aliphatic carbocycles. The molecule has 1 aromatic carbocycles. The van der Waals surface area contributed by atoms with E-state index in [0.717, 1.165) is 27.2 Å². The molecule has 0 spiro atoms. The van der Waals surface area contributed by atoms with Gasteiger partial charge in [0.05, 0.1) is 0 Å². The summed E-state index contributed by atoms with van der Waals surface area (Å²) in [5.74, 6) is 0. The number of rotatable bonds is 1. The summed E-state index contributed by atoms with van der Waals surface area (Å²) in [6.07, 6.45) is 3.85. The molecule has 3 aromatic rings. The van der Waals surface area contributed by atoms with Gasteiger partial charge in [-0.25, -0.2) is 4.98 Å². The smallest absolute Gasteiger partial charge is 0.137 e. The van der Waals surface area contributed by atoms with Crippen LogP contribution in [0.25, 0.3) is 22.2 Å². The number of nitrogens with zero attached hydrogens (tertiary/aromatic N) is 1. The van der Waals surface area contributed by atoms with E-state index in [1.54, 1.807) is 0 Å². The number of H-pyrrole nitrogens is 1. The quantitative estimate of drug-likeness (QED) is 0.566. The van der Waals surface area contributed by atoms with Crippen LogP contribution in [0.1, 0.15) is 33.3 Å². The third kappa shape index (κ3) is 4.08. The van der Waals surface area contributed by atoms with Crippen LogP contribution in [0, 0.1) is 6.92 Å². The van der Waals surface area contributed by atoms with Crippen molar-refractivity contribution in [2.75, 3.05) is 0 Å². The summed E-state index contributed by atoms with van der Waals surface area (Å²) in [5, 5.41) is 1.91. The maximum absolute atomic E-state index is 5.88. The zero-order valence-electron chi connectivity index (χ0n) is 13.4. The number of aromatic nitrogens is 2. The first-order chi connectivity index (χ1) is 10.2. The minimum absolute atomic E-state index is 0.751. The Kier molecular flexibility index (Phi) is 6.97. The van der Waals surface area contributed by atoms with Crippen LogP contribution in [0.5, 0.6) is 0 Å². The number of hydrogen-bond donors (Lipinski definition) is 1. The van der Waals surface area contributed by atoms with Crippen molar-refractivity contribution in [1.82, 2.24) is 9.97 Å². The van der Waals surface area contributed by atoms with Crippen molar-refractivity contribution >= 4 is 22.6 Å². The molecule has 2 nitrogen and oxygen atoms in total. The van der Waals surface area contributed by atoms with E-state index in [1.165, 1.54) is 5.56 Å². The van der Waals surface area contributed by atoms with Gasteiger partial charge in [0.2, 0.25) is 0 Å². The highest BCUT2D eigenvalue weighted by Crippen LogP contribution is 2.25. The van der Waals surface area contributed by atoms with Gasteiger partial charge in [0, 0.05) is 28.4 Å². The molecule has 21 heavy (non-hydrogen) atoms. The number of benzene rings is 1. The number of aryl methyl sites for hydroxylation is 1. The first kappa shape index (κ1) is 17.3. The lowest BCUT2D eigenvalue weighted by atomic mass is 10.1. The average molecular weight is 303 g/mol. The molecular weight excluding hydrogens is 280 g/mol. The molecule has 112 valence electrons. The van der Waals surface area contributed by atoms with Crippen LogP contribution in [0.4, 0.5) is 0 Å². The number of fused-ring (bicyclic) bond motifs is 1. The minimum atomic E-state index is 0.751. The maximum Gasteiger partial charge on any atom is 0.137 e. The summed E-state index contributed by atoms with van der Waals surface area (Å²) < 4.78 is 0. The molecule has 0 aliphatic rings. The van der Waals surface area contributed by atoms with E-state index >= 15 is 0 Å². The van der Waals surface area contributed by atoms with E-state index in [1.807, 2.05) is 64.4 Å². The van der Waals surface area contributed by atoms with Crippen LogP contribution < -0.4 is 0 Å². The van der Waals surface area contributed by atoms with Crippen molar-refractivity contribution in [3.8, 4) is 11.1 Å². The molecular formula is C18H23ClN2. The van der Waals surface area contributed by atoms with Crippen LogP contribution in [-0.2, 0) is 0 Å². The fraction of sp³-hybridized carbons (Fsp3) is 0.278. The molecule has 3 heteroatoms. The summed E-state index contributed by atoms with van der Waals surface area (Å²) in [6, 6.07) is 9.95. The fourth-order valence-corrected chi connectivity index (χ4v) is 2.06. The zero-order valence-corrected chi connectivity index (χ0v) is 14.1. The first-order valence-electron chi connectivity index (χ1n) is 7.44. The highest BCUT2D eigenvalue weighted by atomic mass is 35.5. The largest absolute Gasteiger partial charge is 0.346 e. The van der Waals surface area contributed by atoms with Crippen LogP contribution in [-0.4, -0.2) is 9.97 Å². The molecule has 0 saturated heterocycles. The van der Waals surface area contributed by atoms with Gasteiger partial charge in [-0.1, -0.05) is 51.4 Å². The lowest BCUT2D eigenvalue weighted by Crippen LogP contribution is -1.82. The third-order valence-electron chi connectivity index (χ3n) is 2.92. The second-order valence-electron chi connectivity index (χ2n) is 4.10. The topological polar surface area (TPSA) is 28.7 Å². The van der Waals surface area contributed by atoms with E-state index in [-0.39, 0.29) is 0 Å². The Labute approximate surface area is 132 Å². The Morgan fingerprint density at radius 2 is 1.57 bits per heavy atom. The van der Waals surface area contributed by atoms with Crippen molar-refractivity contribution in [3.05, 3.63) is 53.3 Å². The summed E-state index contributed by atoms with van der Waals surface area (Å²) in [7, 11) is 0. The Bertz CT molecular complexity index is 669. The summed E-state index contributed by atoms with van der Waals surface area (Å²) in [4.78, 5) is 7.56. The SMILES string of the molecule is CC.CC.Cc1c[nH]c2ncc(-c3ccc(Cl)cc3)cc12. The molecule has 0 fully saturated rings. The van der Waals surface area contributed by atoms with Gasteiger partial charge in [0.1, 0.15) is 5.65 Å². The van der Waals surface area contributed by atoms with Gasteiger partial charge in [-0.2, -0.15) is 0 Å². The average Bonchev–Trinajstić information content (AvgIpc) is 2.93. The van der Waals surface area contributed by atoms with Gasteiger partial charge in [0.15, 0.2) is 0 Å². The lowest BCUT2D eigenvalue weighted by molar-refractivity contribution is 1.32. The molecule has 0 radical (unpaired) electrons. The number of aromatic amines is 1. The van der Waals surface area contributed by atoms with Gasteiger partial charge in [-0.15, -0.1) is 0 Å². The second kappa shape index (κ2) is 8.48. The maximum atomic E-state index is 5.88. The molecule has 1 N–H and O–H groups in total. The van der Waals surface area contributed by atoms with E-state index in [4.69, 9.17) is 11.6 Å². The van der Waals surface area contributed by atoms with Gasteiger partial charge < -0.3 is 4.98 Å². The number of nitrogens with one attached hydrogen (secondary N) is 1. The van der Waals surface area contributed by atoms with Crippen LogP contribution in [0.2, 0.25) is 5.02 Å². The van der Waals surface area contributed by atoms with E-state index in [2.05, 4.69) is 23.0 Å². The Balaban J connectivity index is 0.000000510. The number of pyridine rings is 1. The molecule has 0 amide bonds. The zero-order chi connectivity index (χ0) is 15.8. The predicted molar refractivity (Wildman–Crippen MR) is 94.0 cm³/mol. The van der Waals surface area contributed by atoms with Crippen molar-refractivity contribution in [2.24, 2.45) is 0 Å². The Morgan fingerprint density at radius 3 is 2.19 bits per heavy atom. The third-order valence-corrected chi connectivity index (χ3v) is 3.17.